The van der Waals surface area contributed by atoms with Crippen LogP contribution in [0.15, 0.2) is 22.8 Å². The molecule has 0 bridgehead atoms. The molecule has 0 fully saturated rings. The van der Waals surface area contributed by atoms with E-state index in [1.165, 1.54) is 0 Å². The predicted molar refractivity (Wildman–Crippen MR) is 73.1 cm³/mol. The van der Waals surface area contributed by atoms with Gasteiger partial charge in [0.2, 0.25) is 0 Å². The molecule has 20 heavy (non-hydrogen) atoms. The molecule has 2 rings (SSSR count). The first-order valence-electron chi connectivity index (χ1n) is 6.32. The first-order valence-corrected chi connectivity index (χ1v) is 6.32. The van der Waals surface area contributed by atoms with E-state index in [1.807, 2.05) is 32.0 Å². The van der Waals surface area contributed by atoms with Crippen molar-refractivity contribution in [1.82, 2.24) is 10.3 Å². The van der Waals surface area contributed by atoms with Gasteiger partial charge in [-0.05, 0) is 31.5 Å². The summed E-state index contributed by atoms with van der Waals surface area (Å²) in [6, 6.07) is 5.79. The summed E-state index contributed by atoms with van der Waals surface area (Å²) in [5.74, 6) is 6.59. The lowest BCUT2D eigenvalue weighted by molar-refractivity contribution is 0.269. The Morgan fingerprint density at radius 2 is 2.15 bits per heavy atom. The number of benzene rings is 1. The van der Waals surface area contributed by atoms with Crippen molar-refractivity contribution in [2.75, 3.05) is 6.61 Å². The van der Waals surface area contributed by atoms with Gasteiger partial charge in [0.1, 0.15) is 23.7 Å². The van der Waals surface area contributed by atoms with E-state index in [1.54, 1.807) is 0 Å². The van der Waals surface area contributed by atoms with Crippen molar-refractivity contribution in [3.63, 3.8) is 0 Å². The highest BCUT2D eigenvalue weighted by Crippen LogP contribution is 2.20. The Kier molecular flexibility index (Phi) is 4.75. The van der Waals surface area contributed by atoms with Gasteiger partial charge in [0.25, 0.3) is 0 Å². The minimum absolute atomic E-state index is 0.0544. The van der Waals surface area contributed by atoms with Crippen molar-refractivity contribution in [2.45, 2.75) is 26.9 Å². The van der Waals surface area contributed by atoms with Crippen LogP contribution in [0.5, 0.6) is 5.75 Å². The second kappa shape index (κ2) is 6.73. The van der Waals surface area contributed by atoms with Gasteiger partial charge in [-0.2, -0.15) is 0 Å². The molecule has 1 aromatic carbocycles. The molecular formula is C15H16N2O3. The van der Waals surface area contributed by atoms with E-state index < -0.39 is 0 Å². The Labute approximate surface area is 117 Å². The average Bonchev–Trinajstić information content (AvgIpc) is 2.84. The van der Waals surface area contributed by atoms with Crippen LogP contribution >= 0.6 is 0 Å². The van der Waals surface area contributed by atoms with E-state index in [-0.39, 0.29) is 13.2 Å². The minimum Gasteiger partial charge on any atom is -0.486 e. The average molecular weight is 272 g/mol. The van der Waals surface area contributed by atoms with E-state index >= 15 is 0 Å². The van der Waals surface area contributed by atoms with Crippen LogP contribution in [0.25, 0.3) is 0 Å². The van der Waals surface area contributed by atoms with Gasteiger partial charge in [0.15, 0.2) is 0 Å². The molecule has 0 aliphatic heterocycles. The SMILES string of the molecule is Cc1ccc(OCc2nonc2C)c(C#CCCO)c1. The third-order valence-corrected chi connectivity index (χ3v) is 2.71. The van der Waals surface area contributed by atoms with E-state index in [2.05, 4.69) is 26.8 Å². The number of hydrogen-bond donors (Lipinski definition) is 1. The first kappa shape index (κ1) is 14.1. The molecule has 0 aliphatic carbocycles. The van der Waals surface area contributed by atoms with Crippen LogP contribution in [-0.2, 0) is 6.61 Å². The number of ether oxygens (including phenoxy) is 1. The maximum atomic E-state index is 8.77. The van der Waals surface area contributed by atoms with Crippen molar-refractivity contribution in [2.24, 2.45) is 0 Å². The lowest BCUT2D eigenvalue weighted by atomic mass is 10.1. The summed E-state index contributed by atoms with van der Waals surface area (Å²) in [5.41, 5.74) is 3.28. The van der Waals surface area contributed by atoms with Gasteiger partial charge in [0.05, 0.1) is 12.2 Å². The first-order chi connectivity index (χ1) is 9.70. The Balaban J connectivity index is 2.15. The highest BCUT2D eigenvalue weighted by atomic mass is 16.6. The smallest absolute Gasteiger partial charge is 0.145 e. The van der Waals surface area contributed by atoms with Crippen molar-refractivity contribution in [3.05, 3.63) is 40.7 Å². The van der Waals surface area contributed by atoms with Gasteiger partial charge in [-0.3, -0.25) is 0 Å². The number of aliphatic hydroxyl groups is 1. The van der Waals surface area contributed by atoms with Gasteiger partial charge < -0.3 is 9.84 Å². The molecule has 0 atom stereocenters. The summed E-state index contributed by atoms with van der Waals surface area (Å²) in [4.78, 5) is 0. The van der Waals surface area contributed by atoms with E-state index in [4.69, 9.17) is 9.84 Å². The topological polar surface area (TPSA) is 68.4 Å². The predicted octanol–water partition coefficient (Wildman–Crippen LogP) is 2.00. The number of hydrogen-bond acceptors (Lipinski definition) is 5. The molecule has 0 spiro atoms. The van der Waals surface area contributed by atoms with Crippen LogP contribution in [0.1, 0.15) is 28.9 Å². The maximum absolute atomic E-state index is 8.77. The molecule has 0 saturated carbocycles. The zero-order valence-corrected chi connectivity index (χ0v) is 11.5. The van der Waals surface area contributed by atoms with Gasteiger partial charge in [-0.1, -0.05) is 28.2 Å². The van der Waals surface area contributed by atoms with Crippen molar-refractivity contribution in [3.8, 4) is 17.6 Å². The lowest BCUT2D eigenvalue weighted by Gasteiger charge is -2.07. The number of rotatable bonds is 4. The molecule has 0 aliphatic rings. The molecule has 5 nitrogen and oxygen atoms in total. The molecule has 0 radical (unpaired) electrons. The Bertz CT molecular complexity index is 638. The fraction of sp³-hybridized carbons (Fsp3) is 0.333. The lowest BCUT2D eigenvalue weighted by Crippen LogP contribution is -1.99. The highest BCUT2D eigenvalue weighted by molar-refractivity contribution is 5.48. The molecule has 0 saturated heterocycles. The van der Waals surface area contributed by atoms with E-state index in [9.17, 15) is 0 Å². The zero-order chi connectivity index (χ0) is 14.4. The number of aromatic nitrogens is 2. The van der Waals surface area contributed by atoms with Crippen molar-refractivity contribution in [1.29, 1.82) is 0 Å². The summed E-state index contributed by atoms with van der Waals surface area (Å²) in [6.45, 7) is 4.14. The van der Waals surface area contributed by atoms with Crippen LogP contribution in [0.2, 0.25) is 0 Å². The number of aliphatic hydroxyl groups excluding tert-OH is 1. The third-order valence-electron chi connectivity index (χ3n) is 2.71. The monoisotopic (exact) mass is 272 g/mol. The zero-order valence-electron chi connectivity index (χ0n) is 11.5. The highest BCUT2D eigenvalue weighted by Gasteiger charge is 2.08. The second-order valence-electron chi connectivity index (χ2n) is 4.36. The molecular weight excluding hydrogens is 256 g/mol. The van der Waals surface area contributed by atoms with Gasteiger partial charge >= 0.3 is 0 Å². The van der Waals surface area contributed by atoms with E-state index in [0.717, 1.165) is 11.1 Å². The molecule has 1 N–H and O–H groups in total. The summed E-state index contributed by atoms with van der Waals surface area (Å²) in [5, 5.41) is 16.2. The van der Waals surface area contributed by atoms with Crippen molar-refractivity contribution >= 4 is 0 Å². The van der Waals surface area contributed by atoms with Crippen LogP contribution in [0.3, 0.4) is 0 Å². The second-order valence-corrected chi connectivity index (χ2v) is 4.36. The largest absolute Gasteiger partial charge is 0.486 e. The Morgan fingerprint density at radius 1 is 1.30 bits per heavy atom. The summed E-state index contributed by atoms with van der Waals surface area (Å²) in [7, 11) is 0. The molecule has 1 heterocycles. The van der Waals surface area contributed by atoms with Gasteiger partial charge in [0, 0.05) is 6.42 Å². The van der Waals surface area contributed by atoms with Crippen LogP contribution in [0.4, 0.5) is 0 Å². The van der Waals surface area contributed by atoms with Crippen LogP contribution in [0, 0.1) is 25.7 Å². The third kappa shape index (κ3) is 3.59. The normalized spacial score (nSPS) is 9.95. The molecule has 0 unspecified atom stereocenters. The van der Waals surface area contributed by atoms with Crippen molar-refractivity contribution < 1.29 is 14.5 Å². The minimum atomic E-state index is 0.0544. The van der Waals surface area contributed by atoms with E-state index in [0.29, 0.717) is 23.6 Å². The van der Waals surface area contributed by atoms with Crippen LogP contribution < -0.4 is 4.74 Å². The van der Waals surface area contributed by atoms with Crippen LogP contribution in [-0.4, -0.2) is 22.0 Å². The Hall–Kier alpha value is -2.32. The molecule has 0 amide bonds. The van der Waals surface area contributed by atoms with Gasteiger partial charge in [-0.25, -0.2) is 4.63 Å². The summed E-state index contributed by atoms with van der Waals surface area (Å²) < 4.78 is 10.3. The van der Waals surface area contributed by atoms with Gasteiger partial charge in [-0.15, -0.1) is 0 Å². The summed E-state index contributed by atoms with van der Waals surface area (Å²) in [6.07, 6.45) is 0.444. The molecule has 2 aromatic rings. The molecule has 1 aromatic heterocycles. The quantitative estimate of drug-likeness (QED) is 0.862. The number of nitrogens with zero attached hydrogens (tertiary/aromatic N) is 2. The number of aryl methyl sites for hydroxylation is 2. The fourth-order valence-corrected chi connectivity index (χ4v) is 1.61. The molecule has 5 heteroatoms. The molecule has 104 valence electrons. The Morgan fingerprint density at radius 3 is 2.85 bits per heavy atom. The summed E-state index contributed by atoms with van der Waals surface area (Å²) >= 11 is 0. The maximum Gasteiger partial charge on any atom is 0.145 e. The fourth-order valence-electron chi connectivity index (χ4n) is 1.61. The standard InChI is InChI=1S/C15H16N2O3/c1-11-6-7-15(13(9-11)5-3-4-8-18)19-10-14-12(2)16-20-17-14/h6-7,9,18H,4,8,10H2,1-2H3.